The van der Waals surface area contributed by atoms with Crippen molar-refractivity contribution in [2.45, 2.75) is 95.2 Å². The molecule has 0 radical (unpaired) electrons. The van der Waals surface area contributed by atoms with Crippen molar-refractivity contribution in [1.29, 1.82) is 0 Å². The molecule has 8 heteroatoms. The zero-order valence-electron chi connectivity index (χ0n) is 14.9. The number of aliphatic carboxylic acids is 1. The van der Waals surface area contributed by atoms with Crippen molar-refractivity contribution in [1.82, 2.24) is 0 Å². The smallest absolute Gasteiger partial charge is 0.217 e. The van der Waals surface area contributed by atoms with Gasteiger partial charge in [-0.15, -0.1) is 0 Å². The summed E-state index contributed by atoms with van der Waals surface area (Å²) in [4.78, 5) is 22.7. The molecule has 142 valence electrons. The fourth-order valence-corrected chi connectivity index (χ4v) is 3.60. The molecule has 0 unspecified atom stereocenters. The lowest BCUT2D eigenvalue weighted by molar-refractivity contribution is -0.725. The van der Waals surface area contributed by atoms with Gasteiger partial charge in [-0.2, -0.15) is 0 Å². The number of carbonyl (C=O) groups excluding carboxylic acids is 2. The van der Waals surface area contributed by atoms with Crippen molar-refractivity contribution >= 4 is 11.9 Å². The van der Waals surface area contributed by atoms with Crippen LogP contribution in [-0.2, 0) is 9.59 Å². The van der Waals surface area contributed by atoms with Crippen molar-refractivity contribution < 1.29 is 20.0 Å². The Balaban J connectivity index is 0.000000252. The van der Waals surface area contributed by atoms with Gasteiger partial charge in [-0.1, -0.05) is 18.0 Å². The summed E-state index contributed by atoms with van der Waals surface area (Å²) >= 11 is 0. The van der Waals surface area contributed by atoms with E-state index in [1.54, 1.807) is 0 Å². The van der Waals surface area contributed by atoms with Crippen molar-refractivity contribution in [3.63, 3.8) is 0 Å². The first-order valence-electron chi connectivity index (χ1n) is 9.41. The Morgan fingerprint density at radius 3 is 1.92 bits per heavy atom. The summed E-state index contributed by atoms with van der Waals surface area (Å²) in [5, 5.41) is 15.8. The third kappa shape index (κ3) is 9.94. The molecule has 0 aliphatic heterocycles. The molecule has 1 atom stereocenters. The highest BCUT2D eigenvalue weighted by atomic mass is 16.4. The van der Waals surface area contributed by atoms with Crippen molar-refractivity contribution in [3.05, 3.63) is 10.4 Å². The van der Waals surface area contributed by atoms with Gasteiger partial charge >= 0.3 is 0 Å². The number of carboxylic acid groups (broad SMARTS) is 1. The molecule has 2 fully saturated rings. The second-order valence-corrected chi connectivity index (χ2v) is 7.03. The van der Waals surface area contributed by atoms with Crippen LogP contribution in [0.1, 0.15) is 77.0 Å². The molecule has 2 aliphatic carbocycles. The van der Waals surface area contributed by atoms with E-state index in [-0.39, 0.29) is 12.8 Å². The number of carboxylic acids is 1. The molecule has 0 bridgehead atoms. The first-order chi connectivity index (χ1) is 12.0. The maximum atomic E-state index is 10.2. The van der Waals surface area contributed by atoms with Crippen molar-refractivity contribution in [2.24, 2.45) is 10.8 Å². The van der Waals surface area contributed by atoms with Gasteiger partial charge in [-0.05, 0) is 63.3 Å². The molecule has 2 aliphatic rings. The van der Waals surface area contributed by atoms with Crippen LogP contribution in [0.2, 0.25) is 0 Å². The van der Waals surface area contributed by atoms with Crippen LogP contribution in [0, 0.1) is 0 Å². The minimum atomic E-state index is -1.51. The monoisotopic (exact) mass is 353 g/mol. The Morgan fingerprint density at radius 1 is 1.08 bits per heavy atom. The Labute approximate surface area is 149 Å². The van der Waals surface area contributed by atoms with E-state index in [1.165, 1.54) is 64.2 Å². The van der Waals surface area contributed by atoms with Crippen LogP contribution in [0.25, 0.3) is 10.4 Å². The van der Waals surface area contributed by atoms with E-state index in [0.717, 1.165) is 12.1 Å². The summed E-state index contributed by atoms with van der Waals surface area (Å²) in [5.41, 5.74) is 12.7. The summed E-state index contributed by atoms with van der Waals surface area (Å²) in [6, 6.07) is 0.677. The van der Waals surface area contributed by atoms with Gasteiger partial charge in [0.1, 0.15) is 0 Å². The van der Waals surface area contributed by atoms with E-state index < -0.39 is 17.9 Å². The highest BCUT2D eigenvalue weighted by Gasteiger charge is 2.22. The molecule has 0 heterocycles. The molecule has 1 amide bonds. The predicted molar refractivity (Wildman–Crippen MR) is 92.0 cm³/mol. The highest BCUT2D eigenvalue weighted by Crippen LogP contribution is 2.18. The summed E-state index contributed by atoms with van der Waals surface area (Å²) in [7, 11) is 0. The Kier molecular flexibility index (Phi) is 10.7. The molecule has 0 spiro atoms. The van der Waals surface area contributed by atoms with Gasteiger partial charge in [0.05, 0.1) is 24.1 Å². The van der Waals surface area contributed by atoms with E-state index in [9.17, 15) is 14.7 Å². The normalized spacial score (nSPS) is 19.8. The number of hydrogen-bond acceptors (Lipinski definition) is 4. The summed E-state index contributed by atoms with van der Waals surface area (Å²) in [5.74, 6) is -2.15. The molecule has 0 aromatic carbocycles. The summed E-state index contributed by atoms with van der Waals surface area (Å²) in [6.45, 7) is 0. The number of carbonyl (C=O) groups is 2. The largest absolute Gasteiger partial charge is 0.550 e. The third-order valence-electron chi connectivity index (χ3n) is 4.97. The Bertz CT molecular complexity index is 435. The molecular formula is C17H31N5O3. The van der Waals surface area contributed by atoms with Gasteiger partial charge in [-0.3, -0.25) is 4.79 Å². The fourth-order valence-electron chi connectivity index (χ4n) is 3.60. The van der Waals surface area contributed by atoms with E-state index in [1.807, 2.05) is 0 Å². The maximum absolute atomic E-state index is 10.2. The lowest BCUT2D eigenvalue weighted by Crippen LogP contribution is -2.95. The standard InChI is InChI=1S/C12H23N.C5H8N4O3/c1-3-7-11(8-4-1)13-12-9-5-2-6-10-12;6-4(10)2-1-3(5(11)12)8-9-7/h11-13H,1-10H2;3H,1-2H2,(H2,6,10)(H,11,12)/t;3-/m.0/s1. The van der Waals surface area contributed by atoms with Crippen LogP contribution in [0.5, 0.6) is 0 Å². The highest BCUT2D eigenvalue weighted by molar-refractivity contribution is 5.76. The first-order valence-corrected chi connectivity index (χ1v) is 9.41. The summed E-state index contributed by atoms with van der Waals surface area (Å²) < 4.78 is 0. The van der Waals surface area contributed by atoms with E-state index >= 15 is 0 Å². The van der Waals surface area contributed by atoms with Gasteiger partial charge in [0.2, 0.25) is 5.91 Å². The Morgan fingerprint density at radius 2 is 1.56 bits per heavy atom. The molecule has 4 N–H and O–H groups in total. The molecule has 0 aromatic heterocycles. The zero-order chi connectivity index (χ0) is 18.5. The number of nitrogens with zero attached hydrogens (tertiary/aromatic N) is 3. The number of primary amides is 1. The van der Waals surface area contributed by atoms with Crippen LogP contribution < -0.4 is 16.2 Å². The second kappa shape index (κ2) is 12.6. The van der Waals surface area contributed by atoms with Gasteiger partial charge in [0.25, 0.3) is 0 Å². The minimum Gasteiger partial charge on any atom is -0.550 e. The quantitative estimate of drug-likeness (QED) is 0.397. The number of quaternary nitrogens is 1. The lowest BCUT2D eigenvalue weighted by Gasteiger charge is -2.27. The van der Waals surface area contributed by atoms with Crippen LogP contribution in [0.4, 0.5) is 0 Å². The molecule has 0 aromatic rings. The number of hydrogen-bond donors (Lipinski definition) is 2. The fraction of sp³-hybridized carbons (Fsp3) is 0.882. The summed E-state index contributed by atoms with van der Waals surface area (Å²) in [6.07, 6.45) is 14.7. The minimum absolute atomic E-state index is 0.123. The molecule has 0 saturated heterocycles. The van der Waals surface area contributed by atoms with E-state index in [4.69, 9.17) is 11.3 Å². The van der Waals surface area contributed by atoms with Crippen molar-refractivity contribution in [2.75, 3.05) is 0 Å². The SMILES string of the molecule is C1CCC([NH2+]C2CCCCC2)CC1.[N-]=[N+]=N[C@@H](CCC(N)=O)C(=O)[O-]. The van der Waals surface area contributed by atoms with E-state index in [2.05, 4.69) is 15.3 Å². The number of azide groups is 1. The average Bonchev–Trinajstić information content (AvgIpc) is 2.60. The lowest BCUT2D eigenvalue weighted by atomic mass is 9.91. The van der Waals surface area contributed by atoms with Crippen LogP contribution in [-0.4, -0.2) is 30.0 Å². The molecule has 2 saturated carbocycles. The first kappa shape index (κ1) is 21.3. The van der Waals surface area contributed by atoms with Crippen LogP contribution in [0.15, 0.2) is 5.11 Å². The molecule has 8 nitrogen and oxygen atoms in total. The number of amides is 1. The maximum Gasteiger partial charge on any atom is 0.217 e. The predicted octanol–water partition coefficient (Wildman–Crippen LogP) is 0.896. The van der Waals surface area contributed by atoms with Gasteiger partial charge in [0.15, 0.2) is 0 Å². The molecule has 2 rings (SSSR count). The zero-order valence-corrected chi connectivity index (χ0v) is 14.9. The van der Waals surface area contributed by atoms with E-state index in [0.29, 0.717) is 0 Å². The Hall–Kier alpha value is -1.79. The number of rotatable bonds is 7. The third-order valence-corrected chi connectivity index (χ3v) is 4.97. The van der Waals surface area contributed by atoms with Crippen LogP contribution >= 0.6 is 0 Å². The topological polar surface area (TPSA) is 149 Å². The second-order valence-electron chi connectivity index (χ2n) is 7.03. The molecule has 25 heavy (non-hydrogen) atoms. The average molecular weight is 353 g/mol. The van der Waals surface area contributed by atoms with Gasteiger partial charge in [-0.25, -0.2) is 0 Å². The van der Waals surface area contributed by atoms with Crippen LogP contribution in [0.3, 0.4) is 0 Å². The van der Waals surface area contributed by atoms with Gasteiger partial charge in [0, 0.05) is 11.3 Å². The molecular weight excluding hydrogens is 322 g/mol. The van der Waals surface area contributed by atoms with Crippen molar-refractivity contribution in [3.8, 4) is 0 Å². The number of nitrogens with two attached hydrogens (primary N) is 2. The van der Waals surface area contributed by atoms with Gasteiger partial charge < -0.3 is 21.0 Å².